The lowest BCUT2D eigenvalue weighted by Gasteiger charge is -2.11. The summed E-state index contributed by atoms with van der Waals surface area (Å²) < 4.78 is 5.79. The number of aliphatic hydroxyl groups excluding tert-OH is 2. The summed E-state index contributed by atoms with van der Waals surface area (Å²) in [5.74, 6) is 1.82. The predicted molar refractivity (Wildman–Crippen MR) is 84.0 cm³/mol. The maximum absolute atomic E-state index is 9.13. The largest absolute Gasteiger partial charge is 0.457 e. The van der Waals surface area contributed by atoms with Crippen molar-refractivity contribution in [3.63, 3.8) is 0 Å². The van der Waals surface area contributed by atoms with Gasteiger partial charge in [-0.25, -0.2) is 0 Å². The molecule has 112 valence electrons. The molecule has 3 heteroatoms. The van der Waals surface area contributed by atoms with E-state index in [1.165, 1.54) is 0 Å². The van der Waals surface area contributed by atoms with Gasteiger partial charge in [0.2, 0.25) is 0 Å². The van der Waals surface area contributed by atoms with E-state index in [9.17, 15) is 0 Å². The second kappa shape index (κ2) is 7.25. The van der Waals surface area contributed by atoms with Crippen molar-refractivity contribution in [2.45, 2.75) is 25.7 Å². The minimum atomic E-state index is 0.137. The molecule has 0 saturated heterocycles. The first-order valence-corrected chi connectivity index (χ1v) is 7.23. The second-order valence-corrected chi connectivity index (χ2v) is 5.41. The van der Waals surface area contributed by atoms with E-state index in [1.54, 1.807) is 0 Å². The first kappa shape index (κ1) is 15.5. The maximum atomic E-state index is 9.13. The fourth-order valence-electron chi connectivity index (χ4n) is 2.08. The molecule has 0 radical (unpaired) electrons. The van der Waals surface area contributed by atoms with Gasteiger partial charge in [-0.1, -0.05) is 38.1 Å². The Bertz CT molecular complexity index is 494. The molecule has 0 amide bonds. The normalized spacial score (nSPS) is 13.7. The van der Waals surface area contributed by atoms with E-state index >= 15 is 0 Å². The molecule has 0 fully saturated rings. The second-order valence-electron chi connectivity index (χ2n) is 5.41. The molecule has 0 aromatic heterocycles. The lowest BCUT2D eigenvalue weighted by Crippen LogP contribution is -1.99. The zero-order valence-corrected chi connectivity index (χ0v) is 12.5. The monoisotopic (exact) mass is 286 g/mol. The van der Waals surface area contributed by atoms with Crippen LogP contribution in [0.15, 0.2) is 48.5 Å². The van der Waals surface area contributed by atoms with Crippen LogP contribution in [0.3, 0.4) is 0 Å². The molecule has 0 saturated carbocycles. The van der Waals surface area contributed by atoms with Gasteiger partial charge in [0.1, 0.15) is 11.5 Å². The minimum Gasteiger partial charge on any atom is -0.457 e. The van der Waals surface area contributed by atoms with E-state index in [0.29, 0.717) is 0 Å². The van der Waals surface area contributed by atoms with E-state index in [2.05, 4.69) is 0 Å². The van der Waals surface area contributed by atoms with Crippen LogP contribution in [-0.2, 0) is 0 Å². The van der Waals surface area contributed by atoms with Gasteiger partial charge < -0.3 is 14.9 Å². The highest BCUT2D eigenvalue weighted by Crippen LogP contribution is 2.25. The Morgan fingerprint density at radius 2 is 1.05 bits per heavy atom. The zero-order chi connectivity index (χ0) is 15.2. The van der Waals surface area contributed by atoms with Gasteiger partial charge >= 0.3 is 0 Å². The van der Waals surface area contributed by atoms with Crippen LogP contribution in [0.2, 0.25) is 0 Å². The van der Waals surface area contributed by atoms with E-state index in [4.69, 9.17) is 14.9 Å². The van der Waals surface area contributed by atoms with Gasteiger partial charge in [-0.2, -0.15) is 0 Å². The average molecular weight is 286 g/mol. The molecular weight excluding hydrogens is 264 g/mol. The van der Waals surface area contributed by atoms with Crippen molar-refractivity contribution < 1.29 is 14.9 Å². The summed E-state index contributed by atoms with van der Waals surface area (Å²) in [6.45, 7) is 4.25. The molecule has 0 heterocycles. The number of ether oxygens (including phenoxy) is 1. The number of hydrogen-bond donors (Lipinski definition) is 2. The van der Waals surface area contributed by atoms with Crippen molar-refractivity contribution in [1.82, 2.24) is 0 Å². The van der Waals surface area contributed by atoms with Gasteiger partial charge in [-0.15, -0.1) is 0 Å². The Hall–Kier alpha value is -1.84. The number of benzene rings is 2. The lowest BCUT2D eigenvalue weighted by molar-refractivity contribution is 0.273. The quantitative estimate of drug-likeness (QED) is 0.852. The van der Waals surface area contributed by atoms with Crippen LogP contribution in [0.4, 0.5) is 0 Å². The third-order valence-corrected chi connectivity index (χ3v) is 3.68. The molecule has 0 aliphatic rings. The van der Waals surface area contributed by atoms with E-state index in [0.717, 1.165) is 22.6 Å². The summed E-state index contributed by atoms with van der Waals surface area (Å²) in [5, 5.41) is 18.3. The van der Waals surface area contributed by atoms with E-state index in [-0.39, 0.29) is 25.0 Å². The van der Waals surface area contributed by atoms with Gasteiger partial charge in [0, 0.05) is 25.0 Å². The predicted octanol–water partition coefficient (Wildman–Crippen LogP) is 3.67. The molecular formula is C18H22O3. The summed E-state index contributed by atoms with van der Waals surface area (Å²) in [6.07, 6.45) is 0. The third kappa shape index (κ3) is 4.06. The fraction of sp³-hybridized carbons (Fsp3) is 0.333. The molecule has 0 aliphatic carbocycles. The molecule has 2 N–H and O–H groups in total. The van der Waals surface area contributed by atoms with Crippen LogP contribution in [0.5, 0.6) is 11.5 Å². The van der Waals surface area contributed by atoms with Gasteiger partial charge in [-0.3, -0.25) is 0 Å². The average Bonchev–Trinajstić information content (AvgIpc) is 2.55. The van der Waals surface area contributed by atoms with Gasteiger partial charge in [0.25, 0.3) is 0 Å². The van der Waals surface area contributed by atoms with Crippen molar-refractivity contribution in [2.75, 3.05) is 13.2 Å². The van der Waals surface area contributed by atoms with Crippen LogP contribution >= 0.6 is 0 Å². The summed E-state index contributed by atoms with van der Waals surface area (Å²) in [7, 11) is 0. The maximum Gasteiger partial charge on any atom is 0.127 e. The molecule has 2 atom stereocenters. The Balaban J connectivity index is 2.04. The minimum absolute atomic E-state index is 0.137. The molecule has 0 bridgehead atoms. The van der Waals surface area contributed by atoms with Crippen molar-refractivity contribution in [1.29, 1.82) is 0 Å². The molecule has 0 aliphatic heterocycles. The number of rotatable bonds is 6. The van der Waals surface area contributed by atoms with Gasteiger partial charge in [-0.05, 0) is 35.4 Å². The Morgan fingerprint density at radius 3 is 1.33 bits per heavy atom. The molecule has 2 rings (SSSR count). The smallest absolute Gasteiger partial charge is 0.127 e. The van der Waals surface area contributed by atoms with E-state index < -0.39 is 0 Å². The molecule has 2 aromatic rings. The zero-order valence-electron chi connectivity index (χ0n) is 12.5. The molecule has 2 aromatic carbocycles. The fourth-order valence-corrected chi connectivity index (χ4v) is 2.08. The SMILES string of the molecule is CC(CO)c1ccc(Oc2ccc(C(C)CO)cc2)cc1. The lowest BCUT2D eigenvalue weighted by atomic mass is 10.0. The van der Waals surface area contributed by atoms with Crippen molar-refractivity contribution in [3.05, 3.63) is 59.7 Å². The molecule has 0 spiro atoms. The van der Waals surface area contributed by atoms with Crippen molar-refractivity contribution in [3.8, 4) is 11.5 Å². The highest BCUT2D eigenvalue weighted by atomic mass is 16.5. The van der Waals surface area contributed by atoms with Gasteiger partial charge in [0.15, 0.2) is 0 Å². The molecule has 3 nitrogen and oxygen atoms in total. The van der Waals surface area contributed by atoms with Crippen LogP contribution in [-0.4, -0.2) is 23.4 Å². The van der Waals surface area contributed by atoms with Gasteiger partial charge in [0.05, 0.1) is 0 Å². The highest BCUT2D eigenvalue weighted by molar-refractivity contribution is 5.36. The number of hydrogen-bond acceptors (Lipinski definition) is 3. The van der Waals surface area contributed by atoms with Crippen LogP contribution in [0, 0.1) is 0 Å². The Labute approximate surface area is 125 Å². The summed E-state index contributed by atoms with van der Waals surface area (Å²) in [5.41, 5.74) is 2.19. The molecule has 2 unspecified atom stereocenters. The standard InChI is InChI=1S/C18H22O3/c1-13(11-19)15-3-7-17(8-4-15)21-18-9-5-16(6-10-18)14(2)12-20/h3-10,13-14,19-20H,11-12H2,1-2H3. The number of aliphatic hydroxyl groups is 2. The topological polar surface area (TPSA) is 49.7 Å². The van der Waals surface area contributed by atoms with Crippen LogP contribution in [0.25, 0.3) is 0 Å². The van der Waals surface area contributed by atoms with Crippen LogP contribution in [0.1, 0.15) is 36.8 Å². The molecule has 21 heavy (non-hydrogen) atoms. The van der Waals surface area contributed by atoms with E-state index in [1.807, 2.05) is 62.4 Å². The highest BCUT2D eigenvalue weighted by Gasteiger charge is 2.06. The van der Waals surface area contributed by atoms with Crippen molar-refractivity contribution in [2.24, 2.45) is 0 Å². The van der Waals surface area contributed by atoms with Crippen molar-refractivity contribution >= 4 is 0 Å². The first-order chi connectivity index (χ1) is 10.1. The third-order valence-electron chi connectivity index (χ3n) is 3.68. The summed E-state index contributed by atoms with van der Waals surface area (Å²) in [4.78, 5) is 0. The van der Waals surface area contributed by atoms with Crippen LogP contribution < -0.4 is 4.74 Å². The summed E-state index contributed by atoms with van der Waals surface area (Å²) in [6, 6.07) is 15.5. The first-order valence-electron chi connectivity index (χ1n) is 7.23. The Kier molecular flexibility index (Phi) is 5.37. The summed E-state index contributed by atoms with van der Waals surface area (Å²) >= 11 is 0. The Morgan fingerprint density at radius 1 is 0.714 bits per heavy atom.